The molecule has 0 radical (unpaired) electrons. The maximum atomic E-state index is 9.44. The van der Waals surface area contributed by atoms with Crippen molar-refractivity contribution in [3.63, 3.8) is 0 Å². The molecule has 1 rings (SSSR count). The Morgan fingerprint density at radius 2 is 1.69 bits per heavy atom. The lowest BCUT2D eigenvalue weighted by molar-refractivity contribution is -0.114. The van der Waals surface area contributed by atoms with Crippen LogP contribution in [0.2, 0.25) is 0 Å². The normalized spacial score (nSPS) is 47.3. The average molecular weight is 210 g/mol. The molecule has 0 aromatic rings. The molecule has 1 aliphatic heterocycles. The number of methoxy groups -OCH3 is 1. The fourth-order valence-electron chi connectivity index (χ4n) is 1.19. The first-order chi connectivity index (χ1) is 6.07. The van der Waals surface area contributed by atoms with Crippen molar-refractivity contribution in [2.24, 2.45) is 0 Å². The lowest BCUT2D eigenvalue weighted by Crippen LogP contribution is -2.46. The van der Waals surface area contributed by atoms with E-state index < -0.39 is 29.9 Å². The average Bonchev–Trinajstić information content (AvgIpc) is 2.22. The topological polar surface area (TPSA) is 90.2 Å². The Balaban J connectivity index is 2.69. The first-order valence-electron chi connectivity index (χ1n) is 3.94. The van der Waals surface area contributed by atoms with Crippen LogP contribution < -0.4 is 0 Å². The van der Waals surface area contributed by atoms with Gasteiger partial charge >= 0.3 is 0 Å². The van der Waals surface area contributed by atoms with Crippen LogP contribution in [-0.4, -0.2) is 63.1 Å². The Morgan fingerprint density at radius 3 is 2.23 bits per heavy atom. The predicted molar refractivity (Wildman–Crippen MR) is 47.3 cm³/mol. The van der Waals surface area contributed by atoms with Crippen molar-refractivity contribution < 1.29 is 25.2 Å². The third-order valence-electron chi connectivity index (χ3n) is 2.04. The van der Waals surface area contributed by atoms with Gasteiger partial charge in [-0.2, -0.15) is 0 Å². The van der Waals surface area contributed by atoms with Crippen molar-refractivity contribution in [2.45, 2.75) is 29.9 Å². The number of rotatable bonds is 1. The fraction of sp³-hybridized carbons (Fsp3) is 1.00. The molecule has 0 saturated carbocycles. The third-order valence-corrected chi connectivity index (χ3v) is 3.37. The van der Waals surface area contributed by atoms with E-state index in [2.05, 4.69) is 0 Å². The maximum Gasteiger partial charge on any atom is 0.131 e. The molecular weight excluding hydrogens is 196 g/mol. The van der Waals surface area contributed by atoms with Gasteiger partial charge in [-0.15, -0.1) is 11.8 Å². The molecule has 1 aliphatic rings. The second-order valence-electron chi connectivity index (χ2n) is 2.98. The lowest BCUT2D eigenvalue weighted by atomic mass is 10.0. The van der Waals surface area contributed by atoms with Gasteiger partial charge in [0.15, 0.2) is 0 Å². The number of hydrogen-bond acceptors (Lipinski definition) is 6. The van der Waals surface area contributed by atoms with Crippen LogP contribution in [0.1, 0.15) is 0 Å². The Labute approximate surface area is 80.3 Å². The van der Waals surface area contributed by atoms with Crippen LogP contribution in [0.25, 0.3) is 0 Å². The zero-order valence-corrected chi connectivity index (χ0v) is 8.02. The molecule has 0 bridgehead atoms. The van der Waals surface area contributed by atoms with E-state index in [1.807, 2.05) is 0 Å². The molecule has 1 saturated heterocycles. The van der Waals surface area contributed by atoms with Crippen LogP contribution in [0.3, 0.4) is 0 Å². The van der Waals surface area contributed by atoms with E-state index in [1.54, 1.807) is 0 Å². The minimum atomic E-state index is -1.37. The van der Waals surface area contributed by atoms with Gasteiger partial charge in [0, 0.05) is 12.9 Å². The maximum absolute atomic E-state index is 9.44. The molecule has 4 N–H and O–H groups in total. The largest absolute Gasteiger partial charge is 0.389 e. The van der Waals surface area contributed by atoms with Gasteiger partial charge in [0.25, 0.3) is 0 Å². The predicted octanol–water partition coefficient (Wildman–Crippen LogP) is -1.85. The molecule has 0 aliphatic carbocycles. The van der Waals surface area contributed by atoms with Crippen LogP contribution >= 0.6 is 11.8 Å². The van der Waals surface area contributed by atoms with Crippen molar-refractivity contribution >= 4 is 11.8 Å². The summed E-state index contributed by atoms with van der Waals surface area (Å²) in [6.07, 6.45) is -4.89. The molecule has 78 valence electrons. The third kappa shape index (κ3) is 2.34. The van der Waals surface area contributed by atoms with E-state index in [0.29, 0.717) is 0 Å². The van der Waals surface area contributed by atoms with E-state index in [-0.39, 0.29) is 5.75 Å². The highest BCUT2D eigenvalue weighted by molar-refractivity contribution is 7.99. The van der Waals surface area contributed by atoms with Gasteiger partial charge in [-0.05, 0) is 0 Å². The van der Waals surface area contributed by atoms with E-state index in [9.17, 15) is 20.4 Å². The van der Waals surface area contributed by atoms with Gasteiger partial charge in [0.2, 0.25) is 0 Å². The standard InChI is InChI=1S/C7H14O5S/c1-12-7-6(11)5(10)4(9)3(8)2-13-7/h3-11H,2H2,1H3/t3-,4+,5+,6-,7-/m1/s1. The zero-order valence-electron chi connectivity index (χ0n) is 7.20. The summed E-state index contributed by atoms with van der Waals surface area (Å²) in [5.41, 5.74) is -0.609. The molecule has 1 fully saturated rings. The summed E-state index contributed by atoms with van der Waals surface area (Å²) in [4.78, 5) is 0. The summed E-state index contributed by atoms with van der Waals surface area (Å²) in [5.74, 6) is 0.230. The molecule has 5 atom stereocenters. The summed E-state index contributed by atoms with van der Waals surface area (Å²) in [6, 6.07) is 0. The SMILES string of the molecule is CO[C@@H]1SC[C@@H](O)[C@H](O)[C@H](O)[C@H]1O. The van der Waals surface area contributed by atoms with Crippen LogP contribution in [0.15, 0.2) is 0 Å². The van der Waals surface area contributed by atoms with Crippen LogP contribution in [-0.2, 0) is 4.74 Å². The first-order valence-corrected chi connectivity index (χ1v) is 4.99. The van der Waals surface area contributed by atoms with Crippen molar-refractivity contribution in [2.75, 3.05) is 12.9 Å². The molecule has 1 heterocycles. The van der Waals surface area contributed by atoms with Gasteiger partial charge in [0.1, 0.15) is 23.7 Å². The number of aliphatic hydroxyl groups is 4. The van der Waals surface area contributed by atoms with Gasteiger partial charge < -0.3 is 25.2 Å². The number of hydrogen-bond donors (Lipinski definition) is 4. The molecule has 13 heavy (non-hydrogen) atoms. The molecule has 0 spiro atoms. The molecule has 5 nitrogen and oxygen atoms in total. The molecule has 0 aromatic carbocycles. The summed E-state index contributed by atoms with van der Waals surface area (Å²) in [6.45, 7) is 0. The Kier molecular flexibility index (Phi) is 3.96. The highest BCUT2D eigenvalue weighted by Gasteiger charge is 2.39. The molecule has 0 amide bonds. The van der Waals surface area contributed by atoms with Gasteiger partial charge in [-0.25, -0.2) is 0 Å². The van der Waals surface area contributed by atoms with Gasteiger partial charge in [-0.3, -0.25) is 0 Å². The molecular formula is C7H14O5S. The second-order valence-corrected chi connectivity index (χ2v) is 4.11. The summed E-state index contributed by atoms with van der Waals surface area (Å²) >= 11 is 1.17. The smallest absolute Gasteiger partial charge is 0.131 e. The van der Waals surface area contributed by atoms with Crippen molar-refractivity contribution in [3.05, 3.63) is 0 Å². The summed E-state index contributed by atoms with van der Waals surface area (Å²) in [5, 5.41) is 37.3. The van der Waals surface area contributed by atoms with E-state index >= 15 is 0 Å². The van der Waals surface area contributed by atoms with Crippen LogP contribution in [0.5, 0.6) is 0 Å². The highest BCUT2D eigenvalue weighted by Crippen LogP contribution is 2.26. The minimum Gasteiger partial charge on any atom is -0.389 e. The Bertz CT molecular complexity index is 165. The van der Waals surface area contributed by atoms with Crippen molar-refractivity contribution in [1.82, 2.24) is 0 Å². The lowest BCUT2D eigenvalue weighted by Gasteiger charge is -2.24. The minimum absolute atomic E-state index is 0.230. The van der Waals surface area contributed by atoms with Gasteiger partial charge in [0.05, 0.1) is 6.10 Å². The van der Waals surface area contributed by atoms with Crippen LogP contribution in [0, 0.1) is 0 Å². The van der Waals surface area contributed by atoms with E-state index in [1.165, 1.54) is 18.9 Å². The summed E-state index contributed by atoms with van der Waals surface area (Å²) < 4.78 is 4.88. The second kappa shape index (κ2) is 4.59. The van der Waals surface area contributed by atoms with E-state index in [4.69, 9.17) is 4.74 Å². The fourth-order valence-corrected chi connectivity index (χ4v) is 2.27. The first kappa shape index (κ1) is 11.2. The molecule has 0 aromatic heterocycles. The number of ether oxygens (including phenoxy) is 1. The zero-order chi connectivity index (χ0) is 10.0. The Hall–Kier alpha value is 0.150. The van der Waals surface area contributed by atoms with E-state index in [0.717, 1.165) is 0 Å². The molecule has 6 heteroatoms. The summed E-state index contributed by atoms with van der Waals surface area (Å²) in [7, 11) is 1.40. The van der Waals surface area contributed by atoms with Crippen LogP contribution in [0.4, 0.5) is 0 Å². The number of aliphatic hydroxyl groups excluding tert-OH is 4. The monoisotopic (exact) mass is 210 g/mol. The van der Waals surface area contributed by atoms with Gasteiger partial charge in [-0.1, -0.05) is 0 Å². The molecule has 0 unspecified atom stereocenters. The Morgan fingerprint density at radius 1 is 1.08 bits per heavy atom. The quantitative estimate of drug-likeness (QED) is 0.406. The van der Waals surface area contributed by atoms with Crippen molar-refractivity contribution in [1.29, 1.82) is 0 Å². The van der Waals surface area contributed by atoms with Crippen molar-refractivity contribution in [3.8, 4) is 0 Å². The number of thioether (sulfide) groups is 1. The highest BCUT2D eigenvalue weighted by atomic mass is 32.2.